The van der Waals surface area contributed by atoms with Gasteiger partial charge in [-0.3, -0.25) is 4.79 Å². The van der Waals surface area contributed by atoms with Crippen LogP contribution in [0.25, 0.3) is 11.3 Å². The minimum atomic E-state index is -0.309. The van der Waals surface area contributed by atoms with Gasteiger partial charge in [-0.15, -0.1) is 10.2 Å². The zero-order valence-electron chi connectivity index (χ0n) is 14.1. The highest BCUT2D eigenvalue weighted by Gasteiger charge is 2.42. The predicted molar refractivity (Wildman–Crippen MR) is 92.5 cm³/mol. The minimum absolute atomic E-state index is 0.0509. The fourth-order valence-electron chi connectivity index (χ4n) is 3.38. The number of carbonyl (C=O) groups is 1. The zero-order valence-corrected chi connectivity index (χ0v) is 14.1. The van der Waals surface area contributed by atoms with Crippen LogP contribution in [0.4, 0.5) is 5.82 Å². The number of hydrogen-bond donors (Lipinski definition) is 1. The molecule has 2 aliphatic heterocycles. The first-order valence-electron chi connectivity index (χ1n) is 8.32. The van der Waals surface area contributed by atoms with E-state index >= 15 is 0 Å². The molecule has 1 N–H and O–H groups in total. The lowest BCUT2D eigenvalue weighted by Gasteiger charge is -2.33. The normalized spacial score (nSPS) is 22.9. The molecule has 2 fully saturated rings. The van der Waals surface area contributed by atoms with Gasteiger partial charge in [0.2, 0.25) is 5.91 Å². The maximum atomic E-state index is 11.3. The average Bonchev–Trinajstić information content (AvgIpc) is 3.08. The van der Waals surface area contributed by atoms with Gasteiger partial charge in [-0.2, -0.15) is 0 Å². The van der Waals surface area contributed by atoms with Crippen LogP contribution in [-0.2, 0) is 9.53 Å². The predicted octanol–water partition coefficient (Wildman–Crippen LogP) is 1.25. The lowest BCUT2D eigenvalue weighted by Crippen LogP contribution is -2.53. The van der Waals surface area contributed by atoms with E-state index in [-0.39, 0.29) is 18.1 Å². The Bertz CT molecular complexity index is 768. The first-order valence-corrected chi connectivity index (χ1v) is 8.32. The molecule has 25 heavy (non-hydrogen) atoms. The topological polar surface area (TPSA) is 76.6 Å². The van der Waals surface area contributed by atoms with Crippen LogP contribution in [0.3, 0.4) is 0 Å². The quantitative estimate of drug-likeness (QED) is 0.906. The summed E-state index contributed by atoms with van der Waals surface area (Å²) < 4.78 is 11.2. The molecule has 3 heterocycles. The molecule has 1 amide bonds. The largest absolute Gasteiger partial charge is 0.496 e. The second-order valence-corrected chi connectivity index (χ2v) is 6.40. The van der Waals surface area contributed by atoms with E-state index in [0.717, 1.165) is 35.8 Å². The molecule has 1 aromatic carbocycles. The molecule has 2 aromatic rings. The summed E-state index contributed by atoms with van der Waals surface area (Å²) in [5, 5.41) is 11.6. The van der Waals surface area contributed by atoms with Gasteiger partial charge in [0.1, 0.15) is 18.0 Å². The second kappa shape index (κ2) is 6.33. The van der Waals surface area contributed by atoms with Crippen molar-refractivity contribution in [3.8, 4) is 17.0 Å². The van der Waals surface area contributed by atoms with Gasteiger partial charge < -0.3 is 19.7 Å². The van der Waals surface area contributed by atoms with E-state index < -0.39 is 0 Å². The number of nitrogens with one attached hydrogen (secondary N) is 1. The molecule has 4 rings (SSSR count). The van der Waals surface area contributed by atoms with Crippen molar-refractivity contribution in [1.82, 2.24) is 15.5 Å². The summed E-state index contributed by atoms with van der Waals surface area (Å²) in [6, 6.07) is 11.7. The molecule has 1 spiro atoms. The van der Waals surface area contributed by atoms with Crippen LogP contribution >= 0.6 is 0 Å². The minimum Gasteiger partial charge on any atom is -0.496 e. The summed E-state index contributed by atoms with van der Waals surface area (Å²) >= 11 is 0. The number of ether oxygens (including phenoxy) is 2. The Hall–Kier alpha value is -2.67. The lowest BCUT2D eigenvalue weighted by atomic mass is 10.0. The molecule has 0 radical (unpaired) electrons. The van der Waals surface area contributed by atoms with Crippen molar-refractivity contribution < 1.29 is 14.3 Å². The monoisotopic (exact) mass is 340 g/mol. The summed E-state index contributed by atoms with van der Waals surface area (Å²) in [6.45, 7) is 2.22. The Balaban J connectivity index is 1.50. The number of nitrogens with zero attached hydrogens (tertiary/aromatic N) is 3. The van der Waals surface area contributed by atoms with E-state index in [1.807, 2.05) is 36.4 Å². The number of methoxy groups -OCH3 is 1. The third kappa shape index (κ3) is 3.02. The molecule has 0 bridgehead atoms. The van der Waals surface area contributed by atoms with Crippen molar-refractivity contribution in [3.05, 3.63) is 36.4 Å². The molecule has 1 aromatic heterocycles. The highest BCUT2D eigenvalue weighted by molar-refractivity contribution is 5.78. The van der Waals surface area contributed by atoms with Crippen molar-refractivity contribution in [2.24, 2.45) is 0 Å². The zero-order chi connectivity index (χ0) is 17.3. The Labute approximate surface area is 146 Å². The number of carbonyl (C=O) groups excluding carboxylic acids is 1. The van der Waals surface area contributed by atoms with Gasteiger partial charge in [-0.05, 0) is 30.7 Å². The summed E-state index contributed by atoms with van der Waals surface area (Å²) in [6.07, 6.45) is 0.864. The SMILES string of the molecule is COc1ccccc1-c1ccc(N2CCC3(CNC(=O)CO3)C2)nn1. The Morgan fingerprint density at radius 3 is 2.84 bits per heavy atom. The molecule has 0 saturated carbocycles. The van der Waals surface area contributed by atoms with Crippen molar-refractivity contribution in [1.29, 1.82) is 0 Å². The van der Waals surface area contributed by atoms with E-state index in [9.17, 15) is 4.79 Å². The van der Waals surface area contributed by atoms with Gasteiger partial charge in [0, 0.05) is 18.7 Å². The van der Waals surface area contributed by atoms with Crippen LogP contribution < -0.4 is 15.0 Å². The molecule has 7 nitrogen and oxygen atoms in total. The number of hydrogen-bond acceptors (Lipinski definition) is 6. The van der Waals surface area contributed by atoms with Crippen LogP contribution in [0.2, 0.25) is 0 Å². The summed E-state index contributed by atoms with van der Waals surface area (Å²) in [5.74, 6) is 1.54. The standard InChI is InChI=1S/C18H20N4O3/c1-24-15-5-3-2-4-13(15)14-6-7-16(21-20-14)22-9-8-18(12-22)11-19-17(23)10-25-18/h2-7H,8-12H2,1H3,(H,19,23). The number of amides is 1. The molecule has 1 unspecified atom stereocenters. The lowest BCUT2D eigenvalue weighted by molar-refractivity contribution is -0.141. The summed E-state index contributed by atoms with van der Waals surface area (Å²) in [5.41, 5.74) is 1.38. The molecular formula is C18H20N4O3. The highest BCUT2D eigenvalue weighted by Crippen LogP contribution is 2.31. The highest BCUT2D eigenvalue weighted by atomic mass is 16.5. The van der Waals surface area contributed by atoms with Gasteiger partial charge in [-0.1, -0.05) is 12.1 Å². The van der Waals surface area contributed by atoms with Gasteiger partial charge >= 0.3 is 0 Å². The third-order valence-corrected chi connectivity index (χ3v) is 4.79. The Kier molecular flexibility index (Phi) is 4.01. The van der Waals surface area contributed by atoms with Crippen molar-refractivity contribution in [3.63, 3.8) is 0 Å². The number of aromatic nitrogens is 2. The van der Waals surface area contributed by atoms with Crippen LogP contribution in [0, 0.1) is 0 Å². The van der Waals surface area contributed by atoms with E-state index in [2.05, 4.69) is 20.4 Å². The first-order chi connectivity index (χ1) is 12.2. The van der Waals surface area contributed by atoms with Crippen LogP contribution in [0.5, 0.6) is 5.75 Å². The summed E-state index contributed by atoms with van der Waals surface area (Å²) in [7, 11) is 1.65. The van der Waals surface area contributed by atoms with E-state index in [1.165, 1.54) is 0 Å². The molecule has 7 heteroatoms. The van der Waals surface area contributed by atoms with Crippen LogP contribution in [0.1, 0.15) is 6.42 Å². The maximum absolute atomic E-state index is 11.3. The third-order valence-electron chi connectivity index (χ3n) is 4.79. The fraction of sp³-hybridized carbons (Fsp3) is 0.389. The van der Waals surface area contributed by atoms with Crippen molar-refractivity contribution >= 4 is 11.7 Å². The van der Waals surface area contributed by atoms with Gasteiger partial charge in [0.15, 0.2) is 5.82 Å². The van der Waals surface area contributed by atoms with Crippen molar-refractivity contribution in [2.45, 2.75) is 12.0 Å². The molecule has 1 atom stereocenters. The van der Waals surface area contributed by atoms with Gasteiger partial charge in [-0.25, -0.2) is 0 Å². The smallest absolute Gasteiger partial charge is 0.246 e. The van der Waals surface area contributed by atoms with Crippen molar-refractivity contribution in [2.75, 3.05) is 38.3 Å². The number of rotatable bonds is 3. The molecule has 2 aliphatic rings. The number of benzene rings is 1. The molecule has 130 valence electrons. The van der Waals surface area contributed by atoms with E-state index in [1.54, 1.807) is 7.11 Å². The maximum Gasteiger partial charge on any atom is 0.246 e. The number of anilines is 1. The van der Waals surface area contributed by atoms with E-state index in [4.69, 9.17) is 9.47 Å². The fourth-order valence-corrected chi connectivity index (χ4v) is 3.38. The Morgan fingerprint density at radius 1 is 1.24 bits per heavy atom. The van der Waals surface area contributed by atoms with Gasteiger partial charge in [0.05, 0.1) is 19.3 Å². The average molecular weight is 340 g/mol. The number of para-hydroxylation sites is 1. The molecule has 0 aliphatic carbocycles. The van der Waals surface area contributed by atoms with Gasteiger partial charge in [0.25, 0.3) is 0 Å². The summed E-state index contributed by atoms with van der Waals surface area (Å²) in [4.78, 5) is 13.4. The van der Waals surface area contributed by atoms with Crippen LogP contribution in [-0.4, -0.2) is 55.1 Å². The molecule has 2 saturated heterocycles. The molecular weight excluding hydrogens is 320 g/mol. The first kappa shape index (κ1) is 15.8. The van der Waals surface area contributed by atoms with E-state index in [0.29, 0.717) is 13.1 Å². The number of morpholine rings is 1. The second-order valence-electron chi connectivity index (χ2n) is 6.40. The van der Waals surface area contributed by atoms with Crippen LogP contribution in [0.15, 0.2) is 36.4 Å². The Morgan fingerprint density at radius 2 is 2.12 bits per heavy atom.